The van der Waals surface area contributed by atoms with Gasteiger partial charge in [-0.2, -0.15) is 0 Å². The predicted molar refractivity (Wildman–Crippen MR) is 98.7 cm³/mol. The van der Waals surface area contributed by atoms with Crippen LogP contribution in [0.25, 0.3) is 0 Å². The van der Waals surface area contributed by atoms with Gasteiger partial charge >= 0.3 is 12.1 Å². The van der Waals surface area contributed by atoms with E-state index in [2.05, 4.69) is 32.9 Å². The van der Waals surface area contributed by atoms with Crippen molar-refractivity contribution in [1.82, 2.24) is 4.90 Å². The zero-order valence-electron chi connectivity index (χ0n) is 16.3. The summed E-state index contributed by atoms with van der Waals surface area (Å²) in [5.74, 6) is -0.862. The van der Waals surface area contributed by atoms with Gasteiger partial charge < -0.3 is 14.7 Å². The molecule has 0 aromatic heterocycles. The summed E-state index contributed by atoms with van der Waals surface area (Å²) in [4.78, 5) is 24.7. The van der Waals surface area contributed by atoms with Crippen molar-refractivity contribution >= 4 is 12.1 Å². The fraction of sp³-hybridized carbons (Fsp3) is 0.600. The minimum absolute atomic E-state index is 0.0300. The molecule has 1 amide bonds. The maximum atomic E-state index is 12.4. The third-order valence-corrected chi connectivity index (χ3v) is 3.66. The number of benzene rings is 1. The summed E-state index contributed by atoms with van der Waals surface area (Å²) in [6.45, 7) is 12.7. The van der Waals surface area contributed by atoms with Crippen molar-refractivity contribution in [2.75, 3.05) is 6.54 Å². The van der Waals surface area contributed by atoms with E-state index in [4.69, 9.17) is 9.84 Å². The summed E-state index contributed by atoms with van der Waals surface area (Å²) in [7, 11) is 0. The fourth-order valence-electron chi connectivity index (χ4n) is 2.31. The molecule has 0 heterocycles. The van der Waals surface area contributed by atoms with Crippen LogP contribution in [0.5, 0.6) is 0 Å². The molecule has 0 bridgehead atoms. The lowest BCUT2D eigenvalue weighted by molar-refractivity contribution is -0.137. The molecule has 25 heavy (non-hydrogen) atoms. The molecule has 0 saturated heterocycles. The fourth-order valence-corrected chi connectivity index (χ4v) is 2.31. The van der Waals surface area contributed by atoms with E-state index in [0.29, 0.717) is 19.5 Å². The maximum absolute atomic E-state index is 12.4. The average Bonchev–Trinajstić information content (AvgIpc) is 2.43. The summed E-state index contributed by atoms with van der Waals surface area (Å²) >= 11 is 0. The Morgan fingerprint density at radius 2 is 1.60 bits per heavy atom. The number of carboxylic acids is 1. The highest BCUT2D eigenvalue weighted by atomic mass is 16.6. The predicted octanol–water partition coefficient (Wildman–Crippen LogP) is 4.59. The van der Waals surface area contributed by atoms with Crippen molar-refractivity contribution in [3.8, 4) is 0 Å². The zero-order valence-corrected chi connectivity index (χ0v) is 16.3. The van der Waals surface area contributed by atoms with Crippen LogP contribution in [0.1, 0.15) is 65.5 Å². The first kappa shape index (κ1) is 21.0. The van der Waals surface area contributed by atoms with Gasteiger partial charge in [-0.05, 0) is 43.7 Å². The van der Waals surface area contributed by atoms with Crippen LogP contribution in [0.2, 0.25) is 0 Å². The molecule has 0 saturated carbocycles. The second-order valence-electron chi connectivity index (χ2n) is 8.35. The average molecular weight is 349 g/mol. The third-order valence-electron chi connectivity index (χ3n) is 3.66. The zero-order chi connectivity index (χ0) is 19.3. The third kappa shape index (κ3) is 8.05. The van der Waals surface area contributed by atoms with E-state index < -0.39 is 17.7 Å². The van der Waals surface area contributed by atoms with Crippen molar-refractivity contribution in [2.45, 2.75) is 71.9 Å². The summed E-state index contributed by atoms with van der Waals surface area (Å²) in [6, 6.07) is 8.16. The van der Waals surface area contributed by atoms with E-state index >= 15 is 0 Å². The van der Waals surface area contributed by atoms with Gasteiger partial charge in [-0.25, -0.2) is 4.79 Å². The second-order valence-corrected chi connectivity index (χ2v) is 8.35. The first-order chi connectivity index (χ1) is 11.4. The van der Waals surface area contributed by atoms with Crippen LogP contribution in [0.3, 0.4) is 0 Å². The van der Waals surface area contributed by atoms with Crippen LogP contribution in [0.4, 0.5) is 4.79 Å². The van der Waals surface area contributed by atoms with Crippen LogP contribution in [0, 0.1) is 0 Å². The van der Waals surface area contributed by atoms with Gasteiger partial charge in [0, 0.05) is 19.5 Å². The SMILES string of the molecule is CC(C)(C)OC(=O)N(CCCC(=O)O)Cc1ccc(C(C)(C)C)cc1. The standard InChI is InChI=1S/C20H31NO4/c1-19(2,3)16-11-9-15(10-12-16)14-21(13-7-8-17(22)23)18(24)25-20(4,5)6/h9-12H,7-8,13-14H2,1-6H3,(H,22,23). The van der Waals surface area contributed by atoms with Crippen LogP contribution in [-0.2, 0) is 21.5 Å². The smallest absolute Gasteiger partial charge is 0.410 e. The number of nitrogens with zero attached hydrogens (tertiary/aromatic N) is 1. The highest BCUT2D eigenvalue weighted by Crippen LogP contribution is 2.23. The molecule has 140 valence electrons. The molecular formula is C20H31NO4. The van der Waals surface area contributed by atoms with E-state index in [-0.39, 0.29) is 11.8 Å². The topological polar surface area (TPSA) is 66.8 Å². The first-order valence-electron chi connectivity index (χ1n) is 8.67. The summed E-state index contributed by atoms with van der Waals surface area (Å²) in [5, 5.41) is 8.81. The Labute approximate surface area is 151 Å². The summed E-state index contributed by atoms with van der Waals surface area (Å²) in [6.07, 6.45) is 0.00877. The minimum atomic E-state index is -0.862. The van der Waals surface area contributed by atoms with Gasteiger partial charge in [0.1, 0.15) is 5.60 Å². The number of amides is 1. The Kier molecular flexibility index (Phi) is 7.03. The Balaban J connectivity index is 2.84. The normalized spacial score (nSPS) is 11.9. The number of ether oxygens (including phenoxy) is 1. The molecule has 1 rings (SSSR count). The van der Waals surface area contributed by atoms with E-state index in [0.717, 1.165) is 5.56 Å². The molecule has 1 N–H and O–H groups in total. The molecule has 5 heteroatoms. The minimum Gasteiger partial charge on any atom is -0.481 e. The van der Waals surface area contributed by atoms with Crippen molar-refractivity contribution in [3.63, 3.8) is 0 Å². The number of aliphatic carboxylic acids is 1. The largest absolute Gasteiger partial charge is 0.481 e. The van der Waals surface area contributed by atoms with Crippen LogP contribution in [0.15, 0.2) is 24.3 Å². The molecule has 0 aliphatic heterocycles. The number of carbonyl (C=O) groups excluding carboxylic acids is 1. The lowest BCUT2D eigenvalue weighted by Gasteiger charge is -2.27. The number of rotatable bonds is 6. The molecule has 0 aliphatic carbocycles. The highest BCUT2D eigenvalue weighted by molar-refractivity contribution is 5.69. The van der Waals surface area contributed by atoms with Gasteiger partial charge in [-0.1, -0.05) is 45.0 Å². The van der Waals surface area contributed by atoms with E-state index in [1.54, 1.807) is 4.90 Å². The monoisotopic (exact) mass is 349 g/mol. The number of hydrogen-bond acceptors (Lipinski definition) is 3. The molecule has 0 unspecified atom stereocenters. The lowest BCUT2D eigenvalue weighted by Crippen LogP contribution is -2.37. The van der Waals surface area contributed by atoms with Gasteiger partial charge in [0.2, 0.25) is 0 Å². The van der Waals surface area contributed by atoms with E-state index in [1.165, 1.54) is 5.56 Å². The quantitative estimate of drug-likeness (QED) is 0.816. The first-order valence-corrected chi connectivity index (χ1v) is 8.67. The van der Waals surface area contributed by atoms with Crippen LogP contribution < -0.4 is 0 Å². The number of carbonyl (C=O) groups is 2. The Morgan fingerprint density at radius 3 is 2.04 bits per heavy atom. The number of hydrogen-bond donors (Lipinski definition) is 1. The van der Waals surface area contributed by atoms with Crippen LogP contribution >= 0.6 is 0 Å². The molecule has 5 nitrogen and oxygen atoms in total. The van der Waals surface area contributed by atoms with Crippen molar-refractivity contribution in [3.05, 3.63) is 35.4 Å². The van der Waals surface area contributed by atoms with Gasteiger partial charge in [-0.15, -0.1) is 0 Å². The molecule has 0 atom stereocenters. The molecule has 1 aromatic rings. The summed E-state index contributed by atoms with van der Waals surface area (Å²) in [5.41, 5.74) is 1.71. The Morgan fingerprint density at radius 1 is 1.04 bits per heavy atom. The Hall–Kier alpha value is -2.04. The lowest BCUT2D eigenvalue weighted by atomic mass is 9.87. The molecule has 0 radical (unpaired) electrons. The van der Waals surface area contributed by atoms with E-state index in [9.17, 15) is 9.59 Å². The molecular weight excluding hydrogens is 318 g/mol. The number of carboxylic acid groups (broad SMARTS) is 1. The molecule has 0 aliphatic rings. The van der Waals surface area contributed by atoms with Gasteiger partial charge in [-0.3, -0.25) is 4.79 Å². The molecule has 1 aromatic carbocycles. The summed E-state index contributed by atoms with van der Waals surface area (Å²) < 4.78 is 5.45. The second kappa shape index (κ2) is 8.37. The molecule has 0 fully saturated rings. The van der Waals surface area contributed by atoms with E-state index in [1.807, 2.05) is 32.9 Å². The molecule has 0 spiro atoms. The van der Waals surface area contributed by atoms with Crippen molar-refractivity contribution < 1.29 is 19.4 Å². The Bertz CT molecular complexity index is 579. The maximum Gasteiger partial charge on any atom is 0.410 e. The van der Waals surface area contributed by atoms with Crippen LogP contribution in [-0.4, -0.2) is 34.2 Å². The van der Waals surface area contributed by atoms with Crippen molar-refractivity contribution in [2.24, 2.45) is 0 Å². The van der Waals surface area contributed by atoms with Gasteiger partial charge in [0.15, 0.2) is 0 Å². The van der Waals surface area contributed by atoms with Gasteiger partial charge in [0.05, 0.1) is 0 Å². The van der Waals surface area contributed by atoms with Gasteiger partial charge in [0.25, 0.3) is 0 Å². The van der Waals surface area contributed by atoms with Crippen molar-refractivity contribution in [1.29, 1.82) is 0 Å². The highest BCUT2D eigenvalue weighted by Gasteiger charge is 2.22.